The van der Waals surface area contributed by atoms with Crippen LogP contribution in [0.4, 0.5) is 9.18 Å². The first kappa shape index (κ1) is 26.0. The Morgan fingerprint density at radius 1 is 1.26 bits per heavy atom. The second-order valence-corrected chi connectivity index (χ2v) is 11.2. The Balaban J connectivity index is 1.77. The number of amides is 3. The number of halogens is 1. The van der Waals surface area contributed by atoms with Gasteiger partial charge in [-0.1, -0.05) is 26.0 Å². The summed E-state index contributed by atoms with van der Waals surface area (Å²) >= 11 is 1.66. The third kappa shape index (κ3) is 6.95. The summed E-state index contributed by atoms with van der Waals surface area (Å²) in [5.41, 5.74) is 0.636. The van der Waals surface area contributed by atoms with Crippen LogP contribution in [0, 0.1) is 11.7 Å². The van der Waals surface area contributed by atoms with Crippen LogP contribution in [0.3, 0.4) is 0 Å². The second-order valence-electron chi connectivity index (χ2n) is 10.2. The molecular formula is C26H36FN3O3S. The molecule has 1 aliphatic rings. The van der Waals surface area contributed by atoms with Gasteiger partial charge >= 0.3 is 6.03 Å². The first-order valence-electron chi connectivity index (χ1n) is 11.9. The van der Waals surface area contributed by atoms with Gasteiger partial charge < -0.3 is 19.9 Å². The van der Waals surface area contributed by atoms with Crippen molar-refractivity contribution < 1.29 is 18.7 Å². The highest BCUT2D eigenvalue weighted by atomic mass is 32.1. The van der Waals surface area contributed by atoms with Gasteiger partial charge in [0.05, 0.1) is 6.04 Å². The second kappa shape index (κ2) is 11.2. The van der Waals surface area contributed by atoms with E-state index in [-0.39, 0.29) is 36.9 Å². The van der Waals surface area contributed by atoms with E-state index in [1.165, 1.54) is 10.9 Å². The largest absolute Gasteiger partial charge is 0.488 e. The van der Waals surface area contributed by atoms with E-state index in [4.69, 9.17) is 4.74 Å². The Morgan fingerprint density at radius 2 is 2.00 bits per heavy atom. The summed E-state index contributed by atoms with van der Waals surface area (Å²) in [6.07, 6.45) is 1.56. The van der Waals surface area contributed by atoms with E-state index < -0.39 is 11.4 Å². The van der Waals surface area contributed by atoms with Gasteiger partial charge in [-0.15, -0.1) is 11.3 Å². The molecule has 0 radical (unpaired) electrons. The lowest BCUT2D eigenvalue weighted by atomic mass is 10.0. The maximum atomic E-state index is 14.1. The molecule has 2 aromatic rings. The minimum atomic E-state index is -0.430. The molecule has 0 bridgehead atoms. The van der Waals surface area contributed by atoms with Crippen molar-refractivity contribution in [2.24, 2.45) is 5.92 Å². The molecule has 34 heavy (non-hydrogen) atoms. The maximum absolute atomic E-state index is 14.1. The number of fused-ring (bicyclic) bond motifs is 1. The van der Waals surface area contributed by atoms with Crippen molar-refractivity contribution in [3.8, 4) is 5.75 Å². The van der Waals surface area contributed by atoms with Gasteiger partial charge in [0, 0.05) is 23.5 Å². The molecule has 2 heterocycles. The highest BCUT2D eigenvalue weighted by Crippen LogP contribution is 2.34. The lowest BCUT2D eigenvalue weighted by Crippen LogP contribution is -2.53. The number of hydrogen-bond acceptors (Lipinski definition) is 4. The predicted molar refractivity (Wildman–Crippen MR) is 134 cm³/mol. The van der Waals surface area contributed by atoms with Crippen molar-refractivity contribution >= 4 is 23.3 Å². The fourth-order valence-corrected chi connectivity index (χ4v) is 4.85. The fourth-order valence-electron chi connectivity index (χ4n) is 3.93. The minimum absolute atomic E-state index is 0.00962. The Kier molecular flexibility index (Phi) is 8.57. The van der Waals surface area contributed by atoms with E-state index in [0.717, 1.165) is 18.4 Å². The molecule has 0 aliphatic carbocycles. The minimum Gasteiger partial charge on any atom is -0.488 e. The van der Waals surface area contributed by atoms with Crippen molar-refractivity contribution in [1.82, 2.24) is 15.1 Å². The van der Waals surface area contributed by atoms with Crippen molar-refractivity contribution in [1.29, 1.82) is 0 Å². The molecule has 0 saturated carbocycles. The van der Waals surface area contributed by atoms with Crippen LogP contribution >= 0.6 is 11.3 Å². The van der Waals surface area contributed by atoms with Gasteiger partial charge in [-0.3, -0.25) is 4.79 Å². The summed E-state index contributed by atoms with van der Waals surface area (Å²) in [6.45, 7) is 11.1. The van der Waals surface area contributed by atoms with Crippen LogP contribution in [-0.2, 0) is 11.2 Å². The molecule has 3 amide bonds. The quantitative estimate of drug-likeness (QED) is 0.551. The summed E-state index contributed by atoms with van der Waals surface area (Å²) in [7, 11) is 0. The first-order valence-corrected chi connectivity index (χ1v) is 12.7. The van der Waals surface area contributed by atoms with E-state index in [1.807, 2.05) is 32.2 Å². The van der Waals surface area contributed by atoms with Crippen LogP contribution in [0.1, 0.15) is 57.5 Å². The number of benzene rings is 1. The van der Waals surface area contributed by atoms with Crippen LogP contribution in [-0.4, -0.2) is 53.5 Å². The molecule has 6 nitrogen and oxygen atoms in total. The number of ether oxygens (including phenoxy) is 1. The number of urea groups is 1. The zero-order chi connectivity index (χ0) is 24.9. The Hall–Kier alpha value is -2.61. The first-order chi connectivity index (χ1) is 16.0. The third-order valence-corrected chi connectivity index (χ3v) is 6.72. The predicted octanol–water partition coefficient (Wildman–Crippen LogP) is 5.25. The number of thiophene rings is 1. The van der Waals surface area contributed by atoms with Crippen molar-refractivity contribution in [3.05, 3.63) is 52.0 Å². The van der Waals surface area contributed by atoms with Crippen LogP contribution in [0.5, 0.6) is 5.75 Å². The van der Waals surface area contributed by atoms with Gasteiger partial charge in [-0.2, -0.15) is 0 Å². The molecule has 0 fully saturated rings. The van der Waals surface area contributed by atoms with E-state index in [2.05, 4.69) is 19.2 Å². The monoisotopic (exact) mass is 489 g/mol. The van der Waals surface area contributed by atoms with Gasteiger partial charge in [0.1, 0.15) is 13.2 Å². The van der Waals surface area contributed by atoms with Gasteiger partial charge in [0.2, 0.25) is 5.91 Å². The Morgan fingerprint density at radius 3 is 2.68 bits per heavy atom. The summed E-state index contributed by atoms with van der Waals surface area (Å²) in [5, 5.41) is 4.99. The molecule has 8 heteroatoms. The Bertz CT molecular complexity index is 986. The van der Waals surface area contributed by atoms with Gasteiger partial charge in [0.15, 0.2) is 11.6 Å². The number of carbonyl (C=O) groups excluding carboxylic acids is 2. The van der Waals surface area contributed by atoms with E-state index in [1.54, 1.807) is 39.3 Å². The molecular weight excluding hydrogens is 453 g/mol. The van der Waals surface area contributed by atoms with Crippen molar-refractivity contribution in [2.45, 2.75) is 59.0 Å². The van der Waals surface area contributed by atoms with Gasteiger partial charge in [-0.05, 0) is 68.7 Å². The molecule has 0 saturated heterocycles. The van der Waals surface area contributed by atoms with Crippen LogP contribution in [0.25, 0.3) is 0 Å². The molecule has 1 aromatic heterocycles. The normalized spacial score (nSPS) is 15.7. The molecule has 186 valence electrons. The standard InChI is InChI=1S/C26H36FN3O3S/c1-18(2)10-13-29(25(32)28-26(3,4)5)16-24(31)30-14-11-23-19(12-15-34-23)21(30)17-33-22-9-7-6-8-20(22)27/h6-9,12,15,18,21H,10-11,13-14,16-17H2,1-5H3,(H,28,32)/t21-/m1/s1. The summed E-state index contributed by atoms with van der Waals surface area (Å²) in [5.74, 6) is 0.0120. The highest BCUT2D eigenvalue weighted by Gasteiger charge is 2.34. The third-order valence-electron chi connectivity index (χ3n) is 5.72. The summed E-state index contributed by atoms with van der Waals surface area (Å²) in [4.78, 5) is 31.1. The molecule has 1 aromatic carbocycles. The van der Waals surface area contributed by atoms with Crippen LogP contribution in [0.15, 0.2) is 35.7 Å². The molecule has 1 aliphatic heterocycles. The van der Waals surface area contributed by atoms with Crippen LogP contribution < -0.4 is 10.1 Å². The van der Waals surface area contributed by atoms with Gasteiger partial charge in [-0.25, -0.2) is 9.18 Å². The number of nitrogens with zero attached hydrogens (tertiary/aromatic N) is 2. The maximum Gasteiger partial charge on any atom is 0.318 e. The van der Waals surface area contributed by atoms with Crippen molar-refractivity contribution in [2.75, 3.05) is 26.2 Å². The lowest BCUT2D eigenvalue weighted by Gasteiger charge is -2.37. The number of nitrogens with one attached hydrogen (secondary N) is 1. The lowest BCUT2D eigenvalue weighted by molar-refractivity contribution is -0.135. The molecule has 3 rings (SSSR count). The van der Waals surface area contributed by atoms with Crippen molar-refractivity contribution in [3.63, 3.8) is 0 Å². The molecule has 0 spiro atoms. The number of rotatable bonds is 8. The van der Waals surface area contributed by atoms with E-state index >= 15 is 0 Å². The highest BCUT2D eigenvalue weighted by molar-refractivity contribution is 7.10. The number of para-hydroxylation sites is 1. The smallest absolute Gasteiger partial charge is 0.318 e. The SMILES string of the molecule is CC(C)CCN(CC(=O)N1CCc2sccc2[C@H]1COc1ccccc1F)C(=O)NC(C)(C)C. The van der Waals surface area contributed by atoms with E-state index in [9.17, 15) is 14.0 Å². The average molecular weight is 490 g/mol. The fraction of sp³-hybridized carbons (Fsp3) is 0.538. The van der Waals surface area contributed by atoms with Gasteiger partial charge in [0.25, 0.3) is 0 Å². The average Bonchev–Trinajstić information content (AvgIpc) is 3.23. The summed E-state index contributed by atoms with van der Waals surface area (Å²) < 4.78 is 19.9. The molecule has 1 atom stereocenters. The Labute approximate surface area is 206 Å². The number of hydrogen-bond donors (Lipinski definition) is 1. The zero-order valence-electron chi connectivity index (χ0n) is 20.8. The zero-order valence-corrected chi connectivity index (χ0v) is 21.6. The number of carbonyl (C=O) groups is 2. The topological polar surface area (TPSA) is 61.9 Å². The molecule has 1 N–H and O–H groups in total. The summed E-state index contributed by atoms with van der Waals surface area (Å²) in [6, 6.07) is 7.72. The van der Waals surface area contributed by atoms with Crippen LogP contribution in [0.2, 0.25) is 0 Å². The van der Waals surface area contributed by atoms with E-state index in [0.29, 0.717) is 19.0 Å². The molecule has 0 unspecified atom stereocenters.